The smallest absolute Gasteiger partial charge is 0.256 e. The van der Waals surface area contributed by atoms with E-state index in [0.717, 1.165) is 17.7 Å². The Morgan fingerprint density at radius 2 is 1.90 bits per heavy atom. The van der Waals surface area contributed by atoms with Crippen molar-refractivity contribution in [2.75, 3.05) is 25.6 Å². The maximum atomic E-state index is 12.9. The summed E-state index contributed by atoms with van der Waals surface area (Å²) >= 11 is 0. The molecule has 2 aromatic rings. The zero-order chi connectivity index (χ0) is 21.7. The van der Waals surface area contributed by atoms with Gasteiger partial charge in [0.2, 0.25) is 0 Å². The predicted molar refractivity (Wildman–Crippen MR) is 119 cm³/mol. The molecule has 0 spiro atoms. The quantitative estimate of drug-likeness (QED) is 0.613. The maximum Gasteiger partial charge on any atom is 0.256 e. The molecule has 0 saturated carbocycles. The number of carbonyl (C=O) groups is 2. The molecule has 1 aliphatic rings. The largest absolute Gasteiger partial charge is 0.385 e. The fourth-order valence-electron chi connectivity index (χ4n) is 3.50. The third-order valence-corrected chi connectivity index (χ3v) is 5.59. The van der Waals surface area contributed by atoms with Gasteiger partial charge in [-0.2, -0.15) is 0 Å². The van der Waals surface area contributed by atoms with Crippen molar-refractivity contribution in [2.24, 2.45) is 5.92 Å². The second kappa shape index (κ2) is 9.76. The van der Waals surface area contributed by atoms with Crippen LogP contribution in [0.5, 0.6) is 0 Å². The van der Waals surface area contributed by atoms with Crippen LogP contribution in [0.25, 0.3) is 0 Å². The van der Waals surface area contributed by atoms with E-state index in [0.29, 0.717) is 30.2 Å². The minimum atomic E-state index is -0.279. The van der Waals surface area contributed by atoms with Crippen molar-refractivity contribution in [3.8, 4) is 0 Å². The molecule has 2 aromatic carbocycles. The summed E-state index contributed by atoms with van der Waals surface area (Å²) in [5.41, 5.74) is 3.05. The third kappa shape index (κ3) is 4.82. The molecular weight excluding hydrogens is 378 g/mol. The molecule has 0 saturated heterocycles. The molecule has 0 unspecified atom stereocenters. The Labute approximate surface area is 178 Å². The van der Waals surface area contributed by atoms with Crippen LogP contribution in [-0.4, -0.2) is 43.0 Å². The van der Waals surface area contributed by atoms with Gasteiger partial charge in [0.15, 0.2) is 0 Å². The fraction of sp³-hybridized carbons (Fsp3) is 0.417. The van der Waals surface area contributed by atoms with Gasteiger partial charge in [-0.3, -0.25) is 9.59 Å². The van der Waals surface area contributed by atoms with Gasteiger partial charge in [-0.05, 0) is 43.5 Å². The van der Waals surface area contributed by atoms with Crippen LogP contribution in [0, 0.1) is 5.92 Å². The molecule has 2 N–H and O–H groups in total. The Morgan fingerprint density at radius 1 is 1.13 bits per heavy atom. The predicted octanol–water partition coefficient (Wildman–Crippen LogP) is 4.06. The first-order valence-electron chi connectivity index (χ1n) is 10.5. The topological polar surface area (TPSA) is 70.7 Å². The average molecular weight is 410 g/mol. The number of methoxy groups -OCH3 is 1. The number of amides is 2. The van der Waals surface area contributed by atoms with Crippen LogP contribution >= 0.6 is 0 Å². The molecule has 3 rings (SSSR count). The number of carbonyl (C=O) groups excluding carboxylic acids is 2. The van der Waals surface area contributed by atoms with Crippen LogP contribution in [0.4, 0.5) is 5.69 Å². The van der Waals surface area contributed by atoms with Gasteiger partial charge < -0.3 is 20.3 Å². The van der Waals surface area contributed by atoms with E-state index >= 15 is 0 Å². The van der Waals surface area contributed by atoms with Crippen molar-refractivity contribution in [3.63, 3.8) is 0 Å². The Kier molecular flexibility index (Phi) is 7.11. The van der Waals surface area contributed by atoms with Crippen LogP contribution in [0.2, 0.25) is 0 Å². The molecule has 2 atom stereocenters. The molecule has 0 radical (unpaired) electrons. The monoisotopic (exact) mass is 409 g/mol. The number of fused-ring (bicyclic) bond motifs is 1. The lowest BCUT2D eigenvalue weighted by Gasteiger charge is -2.27. The average Bonchev–Trinajstić information content (AvgIpc) is 3.00. The molecule has 1 aliphatic heterocycles. The van der Waals surface area contributed by atoms with E-state index < -0.39 is 0 Å². The van der Waals surface area contributed by atoms with Gasteiger partial charge in [0.25, 0.3) is 11.8 Å². The first kappa shape index (κ1) is 21.8. The van der Waals surface area contributed by atoms with Crippen LogP contribution in [-0.2, 0) is 4.74 Å². The molecule has 0 bridgehead atoms. The lowest BCUT2D eigenvalue weighted by molar-refractivity contribution is 0.0721. The normalized spacial score (nSPS) is 16.5. The van der Waals surface area contributed by atoms with Gasteiger partial charge in [0.1, 0.15) is 6.17 Å². The molecule has 160 valence electrons. The lowest BCUT2D eigenvalue weighted by atomic mass is 10.1. The number of hydrogen-bond donors (Lipinski definition) is 2. The summed E-state index contributed by atoms with van der Waals surface area (Å²) in [6.45, 7) is 7.34. The number of nitrogens with one attached hydrogen (secondary N) is 2. The van der Waals surface area contributed by atoms with Crippen LogP contribution < -0.4 is 10.6 Å². The number of ether oxygens (including phenoxy) is 1. The highest BCUT2D eigenvalue weighted by Gasteiger charge is 2.36. The number of nitrogens with zero attached hydrogens (tertiary/aromatic N) is 1. The number of rotatable bonds is 9. The Hall–Kier alpha value is -2.86. The van der Waals surface area contributed by atoms with Gasteiger partial charge >= 0.3 is 0 Å². The summed E-state index contributed by atoms with van der Waals surface area (Å²) in [4.78, 5) is 27.4. The van der Waals surface area contributed by atoms with Crippen molar-refractivity contribution in [1.29, 1.82) is 0 Å². The van der Waals surface area contributed by atoms with E-state index in [2.05, 4.69) is 24.5 Å². The van der Waals surface area contributed by atoms with E-state index in [9.17, 15) is 9.59 Å². The van der Waals surface area contributed by atoms with Crippen molar-refractivity contribution in [3.05, 3.63) is 65.2 Å². The molecule has 0 aliphatic carbocycles. The molecule has 30 heavy (non-hydrogen) atoms. The maximum absolute atomic E-state index is 12.9. The summed E-state index contributed by atoms with van der Waals surface area (Å²) in [6.07, 6.45) is 0.475. The number of hydrogen-bond acceptors (Lipinski definition) is 4. The summed E-state index contributed by atoms with van der Waals surface area (Å²) in [7, 11) is 1.66. The summed E-state index contributed by atoms with van der Waals surface area (Å²) in [6, 6.07) is 15.2. The Bertz CT molecular complexity index is 897. The van der Waals surface area contributed by atoms with Gasteiger partial charge in [-0.25, -0.2) is 0 Å². The highest BCUT2D eigenvalue weighted by molar-refractivity contribution is 5.99. The standard InChI is InChI=1S/C24H31N3O3/c1-16(2)17(3)25-23(28)18-9-7-10-19(15-18)26-22-20-11-5-6-12-21(20)24(29)27(22)13-8-14-30-4/h5-7,9-12,15-17,22,26H,8,13-14H2,1-4H3,(H,25,28)/t17-,22-/m0/s1. The van der Waals surface area contributed by atoms with Crippen molar-refractivity contribution >= 4 is 17.5 Å². The Balaban J connectivity index is 1.81. The fourth-order valence-corrected chi connectivity index (χ4v) is 3.50. The molecule has 2 amide bonds. The number of benzene rings is 2. The minimum absolute atomic E-state index is 0.0128. The molecule has 1 heterocycles. The van der Waals surface area contributed by atoms with Crippen molar-refractivity contribution in [2.45, 2.75) is 39.4 Å². The second-order valence-electron chi connectivity index (χ2n) is 8.07. The highest BCUT2D eigenvalue weighted by atomic mass is 16.5. The summed E-state index contributed by atoms with van der Waals surface area (Å²) in [5, 5.41) is 6.50. The van der Waals surface area contributed by atoms with E-state index in [1.807, 2.05) is 54.3 Å². The van der Waals surface area contributed by atoms with E-state index in [1.54, 1.807) is 13.2 Å². The minimum Gasteiger partial charge on any atom is -0.385 e. The van der Waals surface area contributed by atoms with Crippen LogP contribution in [0.1, 0.15) is 59.6 Å². The van der Waals surface area contributed by atoms with E-state index in [1.165, 1.54) is 0 Å². The van der Waals surface area contributed by atoms with Crippen molar-refractivity contribution < 1.29 is 14.3 Å². The zero-order valence-corrected chi connectivity index (χ0v) is 18.1. The van der Waals surface area contributed by atoms with E-state index in [4.69, 9.17) is 4.74 Å². The molecule has 0 aromatic heterocycles. The van der Waals surface area contributed by atoms with Gasteiger partial charge in [0.05, 0.1) is 0 Å². The van der Waals surface area contributed by atoms with Gasteiger partial charge in [-0.15, -0.1) is 0 Å². The van der Waals surface area contributed by atoms with Gasteiger partial charge in [0, 0.05) is 48.7 Å². The summed E-state index contributed by atoms with van der Waals surface area (Å²) in [5.74, 6) is 0.274. The molecule has 6 heteroatoms. The second-order valence-corrected chi connectivity index (χ2v) is 8.07. The third-order valence-electron chi connectivity index (χ3n) is 5.59. The highest BCUT2D eigenvalue weighted by Crippen LogP contribution is 2.34. The summed E-state index contributed by atoms with van der Waals surface area (Å²) < 4.78 is 5.16. The number of anilines is 1. The van der Waals surface area contributed by atoms with Gasteiger partial charge in [-0.1, -0.05) is 38.1 Å². The van der Waals surface area contributed by atoms with Crippen LogP contribution in [0.15, 0.2) is 48.5 Å². The molecule has 6 nitrogen and oxygen atoms in total. The SMILES string of the molecule is COCCCN1C(=O)c2ccccc2[C@H]1Nc1cccc(C(=O)N[C@@H](C)C(C)C)c1. The van der Waals surface area contributed by atoms with E-state index in [-0.39, 0.29) is 24.0 Å². The van der Waals surface area contributed by atoms with Crippen LogP contribution in [0.3, 0.4) is 0 Å². The zero-order valence-electron chi connectivity index (χ0n) is 18.1. The molecular formula is C24H31N3O3. The van der Waals surface area contributed by atoms with Crippen molar-refractivity contribution in [1.82, 2.24) is 10.2 Å². The Morgan fingerprint density at radius 3 is 2.63 bits per heavy atom. The lowest BCUT2D eigenvalue weighted by Crippen LogP contribution is -2.36. The first-order valence-corrected chi connectivity index (χ1v) is 10.5. The first-order chi connectivity index (χ1) is 14.4. The molecule has 0 fully saturated rings.